The highest BCUT2D eigenvalue weighted by Crippen LogP contribution is 2.25. The maximum absolute atomic E-state index is 13.0. The van der Waals surface area contributed by atoms with Crippen LogP contribution in [0.25, 0.3) is 0 Å². The fourth-order valence-electron chi connectivity index (χ4n) is 2.80. The van der Waals surface area contributed by atoms with Crippen LogP contribution >= 0.6 is 11.6 Å². The fourth-order valence-corrected chi connectivity index (χ4v) is 2.99. The molecule has 0 bridgehead atoms. The summed E-state index contributed by atoms with van der Waals surface area (Å²) < 4.78 is 0. The minimum Gasteiger partial charge on any atom is -0.480 e. The predicted octanol–water partition coefficient (Wildman–Crippen LogP) is 4.12. The first kappa shape index (κ1) is 19.9. The third kappa shape index (κ3) is 5.31. The van der Waals surface area contributed by atoms with Gasteiger partial charge >= 0.3 is 5.97 Å². The summed E-state index contributed by atoms with van der Waals surface area (Å²) in [5, 5.41) is 12.7. The number of amides is 1. The van der Waals surface area contributed by atoms with Crippen molar-refractivity contribution in [2.75, 3.05) is 18.4 Å². The number of carbonyl (C=O) groups is 2. The molecule has 2 rings (SSSR count). The smallest absolute Gasteiger partial charge is 0.317 e. The van der Waals surface area contributed by atoms with E-state index in [1.54, 1.807) is 17.0 Å². The van der Waals surface area contributed by atoms with Crippen molar-refractivity contribution in [3.63, 3.8) is 0 Å². The standard InChI is InChI=1S/C20H23ClN2O3/c1-3-11-23(13-18(24)25)19(15-7-5-4-6-8-15)20(26)22-16-10-9-14(2)17(21)12-16/h4-10,12,19H,3,11,13H2,1-2H3,(H,22,26)(H,24,25). The molecule has 5 nitrogen and oxygen atoms in total. The van der Waals surface area contributed by atoms with Crippen LogP contribution in [0.2, 0.25) is 5.02 Å². The number of hydrogen-bond donors (Lipinski definition) is 2. The number of aryl methyl sites for hydroxylation is 1. The molecule has 0 radical (unpaired) electrons. The van der Waals surface area contributed by atoms with Gasteiger partial charge in [-0.15, -0.1) is 0 Å². The van der Waals surface area contributed by atoms with Gasteiger partial charge in [0.15, 0.2) is 0 Å². The van der Waals surface area contributed by atoms with Crippen molar-refractivity contribution in [2.24, 2.45) is 0 Å². The van der Waals surface area contributed by atoms with E-state index >= 15 is 0 Å². The molecule has 1 amide bonds. The summed E-state index contributed by atoms with van der Waals surface area (Å²) in [6.07, 6.45) is 0.736. The number of carboxylic acids is 1. The van der Waals surface area contributed by atoms with E-state index in [-0.39, 0.29) is 12.5 Å². The maximum atomic E-state index is 13.0. The van der Waals surface area contributed by atoms with Crippen LogP contribution in [-0.2, 0) is 9.59 Å². The monoisotopic (exact) mass is 374 g/mol. The first-order valence-corrected chi connectivity index (χ1v) is 8.88. The van der Waals surface area contributed by atoms with Gasteiger partial charge in [-0.25, -0.2) is 0 Å². The van der Waals surface area contributed by atoms with Crippen LogP contribution in [0.4, 0.5) is 5.69 Å². The average Bonchev–Trinajstić information content (AvgIpc) is 2.59. The van der Waals surface area contributed by atoms with Crippen molar-refractivity contribution in [2.45, 2.75) is 26.3 Å². The fraction of sp³-hybridized carbons (Fsp3) is 0.300. The van der Waals surface area contributed by atoms with Crippen LogP contribution < -0.4 is 5.32 Å². The summed E-state index contributed by atoms with van der Waals surface area (Å²) in [7, 11) is 0. The van der Waals surface area contributed by atoms with Crippen LogP contribution in [0.5, 0.6) is 0 Å². The Kier molecular flexibility index (Phi) is 7.18. The van der Waals surface area contributed by atoms with Gasteiger partial charge in [0.2, 0.25) is 5.91 Å². The van der Waals surface area contributed by atoms with Crippen molar-refractivity contribution in [1.29, 1.82) is 0 Å². The molecule has 2 aromatic rings. The van der Waals surface area contributed by atoms with E-state index in [0.717, 1.165) is 17.5 Å². The highest BCUT2D eigenvalue weighted by Gasteiger charge is 2.28. The van der Waals surface area contributed by atoms with Crippen LogP contribution in [0, 0.1) is 6.92 Å². The average molecular weight is 375 g/mol. The number of nitrogens with zero attached hydrogens (tertiary/aromatic N) is 1. The van der Waals surface area contributed by atoms with Crippen molar-refractivity contribution < 1.29 is 14.7 Å². The zero-order valence-electron chi connectivity index (χ0n) is 14.9. The highest BCUT2D eigenvalue weighted by molar-refractivity contribution is 6.31. The van der Waals surface area contributed by atoms with Crippen molar-refractivity contribution in [1.82, 2.24) is 4.90 Å². The lowest BCUT2D eigenvalue weighted by Crippen LogP contribution is -2.40. The summed E-state index contributed by atoms with van der Waals surface area (Å²) in [6, 6.07) is 13.8. The molecule has 6 heteroatoms. The molecule has 0 spiro atoms. The number of benzene rings is 2. The van der Waals surface area contributed by atoms with Gasteiger partial charge in [0, 0.05) is 10.7 Å². The quantitative estimate of drug-likeness (QED) is 0.729. The second-order valence-electron chi connectivity index (χ2n) is 6.13. The number of nitrogens with one attached hydrogen (secondary N) is 1. The molecule has 1 atom stereocenters. The van der Waals surface area contributed by atoms with Crippen LogP contribution in [0.15, 0.2) is 48.5 Å². The zero-order chi connectivity index (χ0) is 19.1. The van der Waals surface area contributed by atoms with E-state index in [1.165, 1.54) is 0 Å². The number of anilines is 1. The van der Waals surface area contributed by atoms with E-state index in [2.05, 4.69) is 5.32 Å². The number of carboxylic acid groups (broad SMARTS) is 1. The molecule has 2 aromatic carbocycles. The lowest BCUT2D eigenvalue weighted by molar-refractivity contribution is -0.139. The summed E-state index contributed by atoms with van der Waals surface area (Å²) in [6.45, 7) is 4.12. The summed E-state index contributed by atoms with van der Waals surface area (Å²) >= 11 is 6.14. The third-order valence-electron chi connectivity index (χ3n) is 4.02. The summed E-state index contributed by atoms with van der Waals surface area (Å²) in [5.41, 5.74) is 2.25. The van der Waals surface area contributed by atoms with Gasteiger partial charge in [-0.1, -0.05) is 54.9 Å². The molecule has 0 heterocycles. The van der Waals surface area contributed by atoms with Crippen LogP contribution in [0.3, 0.4) is 0 Å². The summed E-state index contributed by atoms with van der Waals surface area (Å²) in [5.74, 6) is -1.25. The van der Waals surface area contributed by atoms with Gasteiger partial charge in [0.1, 0.15) is 6.04 Å². The molecule has 1 unspecified atom stereocenters. The Morgan fingerprint density at radius 1 is 1.19 bits per heavy atom. The molecule has 138 valence electrons. The lowest BCUT2D eigenvalue weighted by atomic mass is 10.0. The minimum absolute atomic E-state index is 0.213. The number of carbonyl (C=O) groups excluding carboxylic acids is 1. The van der Waals surface area contributed by atoms with E-state index in [4.69, 9.17) is 11.6 Å². The molecule has 0 saturated heterocycles. The van der Waals surface area contributed by atoms with Crippen LogP contribution in [0.1, 0.15) is 30.5 Å². The first-order chi connectivity index (χ1) is 12.4. The molecule has 0 aliphatic carbocycles. The topological polar surface area (TPSA) is 69.6 Å². The Morgan fingerprint density at radius 2 is 1.88 bits per heavy atom. The van der Waals surface area contributed by atoms with E-state index in [1.807, 2.05) is 50.2 Å². The van der Waals surface area contributed by atoms with Crippen LogP contribution in [-0.4, -0.2) is 35.0 Å². The zero-order valence-corrected chi connectivity index (χ0v) is 15.7. The highest BCUT2D eigenvalue weighted by atomic mass is 35.5. The van der Waals surface area contributed by atoms with E-state index < -0.39 is 12.0 Å². The molecule has 0 fully saturated rings. The van der Waals surface area contributed by atoms with Gasteiger partial charge in [0.25, 0.3) is 0 Å². The molecule has 2 N–H and O–H groups in total. The van der Waals surface area contributed by atoms with Crippen molar-refractivity contribution in [3.05, 3.63) is 64.7 Å². The Hall–Kier alpha value is -2.37. The van der Waals surface area contributed by atoms with Gasteiger partial charge in [-0.05, 0) is 43.1 Å². The number of halogens is 1. The van der Waals surface area contributed by atoms with Crippen molar-refractivity contribution >= 4 is 29.2 Å². The Bertz CT molecular complexity index is 765. The van der Waals surface area contributed by atoms with Gasteiger partial charge in [-0.3, -0.25) is 14.5 Å². The molecule has 0 aliphatic rings. The van der Waals surface area contributed by atoms with Gasteiger partial charge in [-0.2, -0.15) is 0 Å². The Balaban J connectivity index is 2.33. The molecule has 0 saturated carbocycles. The minimum atomic E-state index is -0.967. The number of aliphatic carboxylic acids is 1. The van der Waals surface area contributed by atoms with Crippen molar-refractivity contribution in [3.8, 4) is 0 Å². The molecular formula is C20H23ClN2O3. The van der Waals surface area contributed by atoms with Gasteiger partial charge in [0.05, 0.1) is 6.54 Å². The molecule has 0 aliphatic heterocycles. The number of rotatable bonds is 8. The second kappa shape index (κ2) is 9.36. The lowest BCUT2D eigenvalue weighted by Gasteiger charge is -2.29. The summed E-state index contributed by atoms with van der Waals surface area (Å²) in [4.78, 5) is 26.0. The SMILES string of the molecule is CCCN(CC(=O)O)C(C(=O)Nc1ccc(C)c(Cl)c1)c1ccccc1. The molecule has 26 heavy (non-hydrogen) atoms. The molecule has 0 aromatic heterocycles. The Labute approximate surface area is 158 Å². The third-order valence-corrected chi connectivity index (χ3v) is 4.42. The Morgan fingerprint density at radius 3 is 2.46 bits per heavy atom. The van der Waals surface area contributed by atoms with E-state index in [0.29, 0.717) is 17.3 Å². The normalized spacial score (nSPS) is 12.0. The first-order valence-electron chi connectivity index (χ1n) is 8.50. The second-order valence-corrected chi connectivity index (χ2v) is 6.54. The van der Waals surface area contributed by atoms with E-state index in [9.17, 15) is 14.7 Å². The van der Waals surface area contributed by atoms with Gasteiger partial charge < -0.3 is 10.4 Å². The largest absolute Gasteiger partial charge is 0.480 e. The number of hydrogen-bond acceptors (Lipinski definition) is 3. The predicted molar refractivity (Wildman–Crippen MR) is 104 cm³/mol. The molecular weight excluding hydrogens is 352 g/mol. The maximum Gasteiger partial charge on any atom is 0.317 e.